The zero-order valence-corrected chi connectivity index (χ0v) is 24.9. The number of nitrogens with zero attached hydrogens (tertiary/aromatic N) is 5. The van der Waals surface area contributed by atoms with Gasteiger partial charge in [-0.15, -0.1) is 12.4 Å². The van der Waals surface area contributed by atoms with E-state index in [2.05, 4.69) is 32.1 Å². The number of aromatic nitrogens is 3. The second kappa shape index (κ2) is 11.2. The van der Waals surface area contributed by atoms with E-state index in [0.717, 1.165) is 52.6 Å². The SMILES string of the molecule is CN1CCN(C(=O)c2ccc3c(c2)sc2nc(-c4ccc(NC(=O)Nc5cc(C(C)(C)C)on5)cc4)cn23)CC1.Cl. The van der Waals surface area contributed by atoms with Crippen LogP contribution in [-0.4, -0.2) is 69.5 Å². The Morgan fingerprint density at radius 3 is 2.39 bits per heavy atom. The molecule has 10 nitrogen and oxygen atoms in total. The lowest BCUT2D eigenvalue weighted by molar-refractivity contribution is 0.0664. The molecule has 0 atom stereocenters. The Morgan fingerprint density at radius 1 is 0.976 bits per heavy atom. The van der Waals surface area contributed by atoms with E-state index in [1.807, 2.05) is 74.3 Å². The largest absolute Gasteiger partial charge is 0.359 e. The van der Waals surface area contributed by atoms with Gasteiger partial charge in [-0.1, -0.05) is 49.4 Å². The van der Waals surface area contributed by atoms with Crippen molar-refractivity contribution in [1.82, 2.24) is 24.3 Å². The number of thiazole rings is 1. The fourth-order valence-corrected chi connectivity index (χ4v) is 5.70. The summed E-state index contributed by atoms with van der Waals surface area (Å²) in [7, 11) is 2.08. The first-order valence-electron chi connectivity index (χ1n) is 13.2. The molecular weight excluding hydrogens is 562 g/mol. The van der Waals surface area contributed by atoms with E-state index in [1.54, 1.807) is 17.4 Å². The quantitative estimate of drug-likeness (QED) is 0.266. The van der Waals surface area contributed by atoms with Crippen LogP contribution in [0.4, 0.5) is 16.3 Å². The predicted molar refractivity (Wildman–Crippen MR) is 165 cm³/mol. The van der Waals surface area contributed by atoms with E-state index >= 15 is 0 Å². The molecule has 2 N–H and O–H groups in total. The van der Waals surface area contributed by atoms with E-state index in [9.17, 15) is 9.59 Å². The molecule has 3 amide bonds. The van der Waals surface area contributed by atoms with Crippen molar-refractivity contribution in [3.8, 4) is 11.3 Å². The fourth-order valence-electron chi connectivity index (χ4n) is 4.66. The van der Waals surface area contributed by atoms with Gasteiger partial charge in [0.2, 0.25) is 0 Å². The minimum absolute atomic E-state index is 0. The van der Waals surface area contributed by atoms with Crippen molar-refractivity contribution in [2.75, 3.05) is 43.9 Å². The maximum absolute atomic E-state index is 13.0. The lowest BCUT2D eigenvalue weighted by atomic mass is 9.93. The predicted octanol–water partition coefficient (Wildman–Crippen LogP) is 5.95. The highest BCUT2D eigenvalue weighted by atomic mass is 35.5. The van der Waals surface area contributed by atoms with E-state index in [4.69, 9.17) is 9.51 Å². The second-order valence-electron chi connectivity index (χ2n) is 11.1. The summed E-state index contributed by atoms with van der Waals surface area (Å²) in [5, 5.41) is 9.43. The number of urea groups is 1. The summed E-state index contributed by atoms with van der Waals surface area (Å²) in [5.41, 5.74) is 3.95. The van der Waals surface area contributed by atoms with Crippen LogP contribution in [0.2, 0.25) is 0 Å². The number of imidazole rings is 1. The highest BCUT2D eigenvalue weighted by Gasteiger charge is 2.22. The van der Waals surface area contributed by atoms with E-state index in [0.29, 0.717) is 22.8 Å². The molecule has 0 spiro atoms. The van der Waals surface area contributed by atoms with Gasteiger partial charge in [0.25, 0.3) is 5.91 Å². The van der Waals surface area contributed by atoms with Gasteiger partial charge < -0.3 is 19.6 Å². The number of fused-ring (bicyclic) bond motifs is 3. The van der Waals surface area contributed by atoms with Crippen LogP contribution in [-0.2, 0) is 5.41 Å². The average molecular weight is 594 g/mol. The zero-order valence-electron chi connectivity index (χ0n) is 23.3. The van der Waals surface area contributed by atoms with E-state index in [1.165, 1.54) is 0 Å². The van der Waals surface area contributed by atoms with Gasteiger partial charge in [-0.25, -0.2) is 9.78 Å². The van der Waals surface area contributed by atoms with Crippen LogP contribution in [0.5, 0.6) is 0 Å². The zero-order chi connectivity index (χ0) is 28.0. The number of amides is 3. The number of anilines is 2. The summed E-state index contributed by atoms with van der Waals surface area (Å²) in [6.07, 6.45) is 2.00. The summed E-state index contributed by atoms with van der Waals surface area (Å²) < 4.78 is 8.40. The number of carbonyl (C=O) groups is 2. The fraction of sp³-hybridized carbons (Fsp3) is 0.310. The van der Waals surface area contributed by atoms with Gasteiger partial charge in [0.15, 0.2) is 10.8 Å². The molecule has 0 saturated carbocycles. The van der Waals surface area contributed by atoms with Gasteiger partial charge in [-0.3, -0.25) is 14.5 Å². The highest BCUT2D eigenvalue weighted by molar-refractivity contribution is 7.23. The lowest BCUT2D eigenvalue weighted by Crippen LogP contribution is -2.47. The van der Waals surface area contributed by atoms with Crippen LogP contribution < -0.4 is 10.6 Å². The third-order valence-electron chi connectivity index (χ3n) is 7.06. The first-order chi connectivity index (χ1) is 19.1. The molecule has 2 aromatic carbocycles. The molecule has 1 aliphatic heterocycles. The molecule has 0 aliphatic carbocycles. The third-order valence-corrected chi connectivity index (χ3v) is 8.08. The Morgan fingerprint density at radius 2 is 1.71 bits per heavy atom. The minimum Gasteiger partial charge on any atom is -0.359 e. The summed E-state index contributed by atoms with van der Waals surface area (Å²) in [6, 6.07) is 14.7. The second-order valence-corrected chi connectivity index (χ2v) is 12.2. The van der Waals surface area contributed by atoms with Crippen molar-refractivity contribution < 1.29 is 14.1 Å². The summed E-state index contributed by atoms with van der Waals surface area (Å²) in [6.45, 7) is 9.34. The summed E-state index contributed by atoms with van der Waals surface area (Å²) in [5.74, 6) is 1.14. The first-order valence-corrected chi connectivity index (χ1v) is 14.0. The maximum atomic E-state index is 13.0. The molecule has 0 unspecified atom stereocenters. The Bertz CT molecular complexity index is 1710. The normalized spacial score (nSPS) is 14.3. The van der Waals surface area contributed by atoms with Crippen molar-refractivity contribution >= 4 is 62.4 Å². The number of carbonyl (C=O) groups excluding carboxylic acids is 2. The van der Waals surface area contributed by atoms with Crippen molar-refractivity contribution in [3.63, 3.8) is 0 Å². The molecule has 1 aliphatic rings. The molecule has 0 bridgehead atoms. The smallest absolute Gasteiger partial charge is 0.324 e. The molecule has 3 aromatic heterocycles. The van der Waals surface area contributed by atoms with E-state index < -0.39 is 6.03 Å². The Hall–Kier alpha value is -3.93. The first kappa shape index (κ1) is 28.6. The van der Waals surface area contributed by atoms with Gasteiger partial charge >= 0.3 is 6.03 Å². The van der Waals surface area contributed by atoms with Gasteiger partial charge in [0, 0.05) is 60.7 Å². The number of hydrogen-bond acceptors (Lipinski definition) is 7. The number of nitrogens with one attached hydrogen (secondary N) is 2. The molecule has 41 heavy (non-hydrogen) atoms. The topological polar surface area (TPSA) is 108 Å². The molecule has 0 radical (unpaired) electrons. The van der Waals surface area contributed by atoms with Crippen molar-refractivity contribution in [2.24, 2.45) is 0 Å². The van der Waals surface area contributed by atoms with Crippen LogP contribution in [0.25, 0.3) is 26.4 Å². The lowest BCUT2D eigenvalue weighted by Gasteiger charge is -2.32. The standard InChI is InChI=1S/C29H31N7O3S.ClH/c1-29(2,3)24-16-25(33-39-24)32-27(38)30-20-8-5-18(6-9-20)21-17-36-22-10-7-19(15-23(22)40-28(36)31-21)26(37)35-13-11-34(4)12-14-35;/h5-10,15-17H,11-14H2,1-4H3,(H2,30,32,33,38);1H. The third kappa shape index (κ3) is 5.92. The number of piperazine rings is 1. The Balaban J connectivity index is 0.00000337. The van der Waals surface area contributed by atoms with E-state index in [-0.39, 0.29) is 23.7 Å². The number of halogens is 1. The van der Waals surface area contributed by atoms with Gasteiger partial charge in [0.05, 0.1) is 15.9 Å². The maximum Gasteiger partial charge on any atom is 0.324 e. The van der Waals surface area contributed by atoms with Crippen LogP contribution >= 0.6 is 23.7 Å². The molecule has 4 heterocycles. The monoisotopic (exact) mass is 593 g/mol. The van der Waals surface area contributed by atoms with Crippen LogP contribution in [0.15, 0.2) is 59.3 Å². The number of likely N-dealkylation sites (N-methyl/N-ethyl adjacent to an activating group) is 1. The van der Waals surface area contributed by atoms with Crippen molar-refractivity contribution in [1.29, 1.82) is 0 Å². The molecule has 5 aromatic rings. The summed E-state index contributed by atoms with van der Waals surface area (Å²) in [4.78, 5) is 35.3. The van der Waals surface area contributed by atoms with Gasteiger partial charge in [-0.05, 0) is 37.4 Å². The van der Waals surface area contributed by atoms with Crippen LogP contribution in [0.1, 0.15) is 36.9 Å². The Kier molecular flexibility index (Phi) is 7.78. The van der Waals surface area contributed by atoms with Gasteiger partial charge in [-0.2, -0.15) is 0 Å². The van der Waals surface area contributed by atoms with Gasteiger partial charge in [0.1, 0.15) is 5.76 Å². The summed E-state index contributed by atoms with van der Waals surface area (Å²) >= 11 is 1.57. The number of hydrogen-bond donors (Lipinski definition) is 2. The van der Waals surface area contributed by atoms with Crippen molar-refractivity contribution in [2.45, 2.75) is 26.2 Å². The minimum atomic E-state index is -0.402. The molecule has 6 rings (SSSR count). The molecule has 12 heteroatoms. The highest BCUT2D eigenvalue weighted by Crippen LogP contribution is 2.31. The molecule has 1 saturated heterocycles. The van der Waals surface area contributed by atoms with Crippen LogP contribution in [0, 0.1) is 0 Å². The molecule has 214 valence electrons. The average Bonchev–Trinajstić information content (AvgIpc) is 3.64. The number of benzene rings is 2. The molecular formula is C29H32ClN7O3S. The van der Waals surface area contributed by atoms with Crippen molar-refractivity contribution in [3.05, 3.63) is 66.1 Å². The molecule has 1 fully saturated rings. The van der Waals surface area contributed by atoms with Crippen LogP contribution in [0.3, 0.4) is 0 Å². The number of rotatable bonds is 4. The Labute approximate surface area is 247 Å².